The van der Waals surface area contributed by atoms with E-state index in [-0.39, 0.29) is 28.5 Å². The van der Waals surface area contributed by atoms with Gasteiger partial charge in [-0.3, -0.25) is 10.1 Å². The van der Waals surface area contributed by atoms with Gasteiger partial charge in [0.2, 0.25) is 0 Å². The zero-order valence-corrected chi connectivity index (χ0v) is 13.2. The lowest BCUT2D eigenvalue weighted by atomic mass is 10.1. The molecule has 7 heteroatoms. The summed E-state index contributed by atoms with van der Waals surface area (Å²) in [5, 5.41) is 23.5. The van der Waals surface area contributed by atoms with Gasteiger partial charge >= 0.3 is 0 Å². The van der Waals surface area contributed by atoms with Crippen LogP contribution in [0.25, 0.3) is 0 Å². The van der Waals surface area contributed by atoms with E-state index in [1.807, 2.05) is 13.2 Å². The first-order valence-corrected chi connectivity index (χ1v) is 7.87. The van der Waals surface area contributed by atoms with Crippen LogP contribution in [-0.4, -0.2) is 34.2 Å². The van der Waals surface area contributed by atoms with Crippen LogP contribution in [0.4, 0.5) is 5.69 Å². The zero-order valence-electron chi connectivity index (χ0n) is 10.8. The van der Waals surface area contributed by atoms with Gasteiger partial charge in [-0.15, -0.1) is 0 Å². The minimum Gasteiger partial charge on any atom is -0.395 e. The summed E-state index contributed by atoms with van der Waals surface area (Å²) < 4.78 is 0.688. The molecule has 1 rings (SSSR count). The van der Waals surface area contributed by atoms with Crippen molar-refractivity contribution in [1.82, 2.24) is 5.32 Å². The summed E-state index contributed by atoms with van der Waals surface area (Å²) in [5.41, 5.74) is 0.733. The van der Waals surface area contributed by atoms with E-state index in [2.05, 4.69) is 21.2 Å². The molecule has 0 heterocycles. The number of aliphatic hydroxyl groups excluding tert-OH is 1. The first kappa shape index (κ1) is 16.4. The van der Waals surface area contributed by atoms with Gasteiger partial charge in [-0.1, -0.05) is 15.9 Å². The quantitative estimate of drug-likeness (QED) is 0.585. The predicted octanol–water partition coefficient (Wildman–Crippen LogP) is 2.56. The van der Waals surface area contributed by atoms with Crippen molar-refractivity contribution in [2.45, 2.75) is 24.8 Å². The van der Waals surface area contributed by atoms with Crippen molar-refractivity contribution < 1.29 is 10.0 Å². The molecule has 1 aromatic rings. The van der Waals surface area contributed by atoms with Crippen LogP contribution < -0.4 is 5.32 Å². The average molecular weight is 349 g/mol. The van der Waals surface area contributed by atoms with Gasteiger partial charge in [0.05, 0.1) is 11.5 Å². The minimum absolute atomic E-state index is 0.0725. The summed E-state index contributed by atoms with van der Waals surface area (Å²) in [6, 6.07) is 5.09. The second-order valence-electron chi connectivity index (χ2n) is 4.16. The van der Waals surface area contributed by atoms with Crippen LogP contribution in [-0.2, 0) is 6.54 Å². The van der Waals surface area contributed by atoms with Crippen molar-refractivity contribution in [3.63, 3.8) is 0 Å². The average Bonchev–Trinajstić information content (AvgIpc) is 2.38. The fourth-order valence-corrected chi connectivity index (χ4v) is 2.70. The molecule has 0 saturated heterocycles. The lowest BCUT2D eigenvalue weighted by Crippen LogP contribution is -2.37. The number of nitro benzene ring substituents is 1. The van der Waals surface area contributed by atoms with Gasteiger partial charge in [-0.25, -0.2) is 0 Å². The third-order valence-electron chi connectivity index (χ3n) is 2.90. The summed E-state index contributed by atoms with van der Waals surface area (Å²) >= 11 is 4.80. The van der Waals surface area contributed by atoms with Gasteiger partial charge < -0.3 is 10.4 Å². The second kappa shape index (κ2) is 7.84. The standard InChI is InChI=1S/C12H17BrN2O3S/c1-8(12(7-16)19-2)14-6-9-3-4-10(13)5-11(9)15(17)18/h3-5,8,12,14,16H,6-7H2,1-2H3. The van der Waals surface area contributed by atoms with Crippen LogP contribution in [0.1, 0.15) is 12.5 Å². The predicted molar refractivity (Wildman–Crippen MR) is 81.5 cm³/mol. The highest BCUT2D eigenvalue weighted by atomic mass is 79.9. The Balaban J connectivity index is 2.75. The number of halogens is 1. The molecule has 0 fully saturated rings. The Morgan fingerprint density at radius 3 is 2.79 bits per heavy atom. The normalized spacial score (nSPS) is 14.1. The monoisotopic (exact) mass is 348 g/mol. The molecule has 2 atom stereocenters. The number of nitrogens with zero attached hydrogens (tertiary/aromatic N) is 1. The second-order valence-corrected chi connectivity index (χ2v) is 6.15. The molecule has 19 heavy (non-hydrogen) atoms. The van der Waals surface area contributed by atoms with Crippen molar-refractivity contribution in [1.29, 1.82) is 0 Å². The van der Waals surface area contributed by atoms with E-state index in [1.54, 1.807) is 23.9 Å². The maximum Gasteiger partial charge on any atom is 0.275 e. The van der Waals surface area contributed by atoms with E-state index >= 15 is 0 Å². The van der Waals surface area contributed by atoms with Gasteiger partial charge in [-0.05, 0) is 25.3 Å². The van der Waals surface area contributed by atoms with Gasteiger partial charge in [-0.2, -0.15) is 11.8 Å². The van der Waals surface area contributed by atoms with Crippen molar-refractivity contribution >= 4 is 33.4 Å². The molecule has 5 nitrogen and oxygen atoms in total. The molecular weight excluding hydrogens is 332 g/mol. The summed E-state index contributed by atoms with van der Waals surface area (Å²) in [6.07, 6.45) is 1.93. The fourth-order valence-electron chi connectivity index (χ4n) is 1.70. The van der Waals surface area contributed by atoms with Crippen LogP contribution in [0.3, 0.4) is 0 Å². The molecule has 0 radical (unpaired) electrons. The Kier molecular flexibility index (Phi) is 6.78. The van der Waals surface area contributed by atoms with Crippen LogP contribution in [0.2, 0.25) is 0 Å². The van der Waals surface area contributed by atoms with Gasteiger partial charge in [0.25, 0.3) is 5.69 Å². The lowest BCUT2D eigenvalue weighted by Gasteiger charge is -2.21. The molecule has 0 aliphatic rings. The molecule has 0 aromatic heterocycles. The number of benzene rings is 1. The SMILES string of the molecule is CSC(CO)C(C)NCc1ccc(Br)cc1[N+](=O)[O-]. The van der Waals surface area contributed by atoms with E-state index in [0.29, 0.717) is 16.6 Å². The van der Waals surface area contributed by atoms with E-state index in [0.717, 1.165) is 0 Å². The maximum atomic E-state index is 11.0. The van der Waals surface area contributed by atoms with E-state index < -0.39 is 0 Å². The van der Waals surface area contributed by atoms with Crippen molar-refractivity contribution in [3.05, 3.63) is 38.3 Å². The topological polar surface area (TPSA) is 75.4 Å². The highest BCUT2D eigenvalue weighted by Gasteiger charge is 2.18. The summed E-state index contributed by atoms with van der Waals surface area (Å²) in [7, 11) is 0. The van der Waals surface area contributed by atoms with Crippen LogP contribution in [0, 0.1) is 10.1 Å². The third-order valence-corrected chi connectivity index (χ3v) is 4.55. The Hall–Kier alpha value is -0.630. The van der Waals surface area contributed by atoms with E-state index in [4.69, 9.17) is 0 Å². The highest BCUT2D eigenvalue weighted by Crippen LogP contribution is 2.23. The number of rotatable bonds is 7. The maximum absolute atomic E-state index is 11.0. The molecular formula is C12H17BrN2O3S. The van der Waals surface area contributed by atoms with E-state index in [9.17, 15) is 15.2 Å². The molecule has 0 bridgehead atoms. The number of hydrogen-bond acceptors (Lipinski definition) is 5. The molecule has 0 aliphatic carbocycles. The Bertz CT molecular complexity index is 441. The Morgan fingerprint density at radius 2 is 2.26 bits per heavy atom. The summed E-state index contributed by atoms with van der Waals surface area (Å²) in [4.78, 5) is 10.6. The van der Waals surface area contributed by atoms with E-state index in [1.165, 1.54) is 6.07 Å². The Morgan fingerprint density at radius 1 is 1.58 bits per heavy atom. The molecule has 106 valence electrons. The minimum atomic E-state index is -0.384. The van der Waals surface area contributed by atoms with Crippen LogP contribution in [0.15, 0.2) is 22.7 Å². The zero-order chi connectivity index (χ0) is 14.4. The molecule has 0 spiro atoms. The molecule has 2 unspecified atom stereocenters. The fraction of sp³-hybridized carbons (Fsp3) is 0.500. The number of aliphatic hydroxyl groups is 1. The largest absolute Gasteiger partial charge is 0.395 e. The number of nitro groups is 1. The number of thioether (sulfide) groups is 1. The molecule has 0 saturated carbocycles. The van der Waals surface area contributed by atoms with Crippen LogP contribution >= 0.6 is 27.7 Å². The van der Waals surface area contributed by atoms with Gasteiger partial charge in [0, 0.05) is 33.9 Å². The highest BCUT2D eigenvalue weighted by molar-refractivity contribution is 9.10. The molecule has 1 aromatic carbocycles. The molecule has 2 N–H and O–H groups in total. The molecule has 0 amide bonds. The molecule has 0 aliphatic heterocycles. The first-order chi connectivity index (χ1) is 8.99. The Labute approximate surface area is 125 Å². The third kappa shape index (κ3) is 4.76. The number of hydrogen-bond donors (Lipinski definition) is 2. The van der Waals surface area contributed by atoms with Crippen molar-refractivity contribution in [2.24, 2.45) is 0 Å². The van der Waals surface area contributed by atoms with Gasteiger partial charge in [0.15, 0.2) is 0 Å². The van der Waals surface area contributed by atoms with Gasteiger partial charge in [0.1, 0.15) is 0 Å². The summed E-state index contributed by atoms with van der Waals surface area (Å²) in [6.45, 7) is 2.45. The summed E-state index contributed by atoms with van der Waals surface area (Å²) in [5.74, 6) is 0. The van der Waals surface area contributed by atoms with Crippen LogP contribution in [0.5, 0.6) is 0 Å². The number of nitrogens with one attached hydrogen (secondary N) is 1. The van der Waals surface area contributed by atoms with Crippen molar-refractivity contribution in [3.8, 4) is 0 Å². The first-order valence-electron chi connectivity index (χ1n) is 5.79. The van der Waals surface area contributed by atoms with Crippen molar-refractivity contribution in [2.75, 3.05) is 12.9 Å². The smallest absolute Gasteiger partial charge is 0.275 e. The lowest BCUT2D eigenvalue weighted by molar-refractivity contribution is -0.385.